The van der Waals surface area contributed by atoms with Gasteiger partial charge in [-0.05, 0) is 28.1 Å². The summed E-state index contributed by atoms with van der Waals surface area (Å²) in [5.74, 6) is -0.350. The lowest BCUT2D eigenvalue weighted by molar-refractivity contribution is 0.0689. The number of carboxylic acid groups (broad SMARTS) is 1. The predicted octanol–water partition coefficient (Wildman–Crippen LogP) is 2.13. The van der Waals surface area contributed by atoms with Crippen LogP contribution in [0.1, 0.15) is 20.8 Å². The van der Waals surface area contributed by atoms with Crippen LogP contribution in [0.15, 0.2) is 16.6 Å². The fourth-order valence-electron chi connectivity index (χ4n) is 2.32. The number of ether oxygens (including phenoxy) is 2. The van der Waals surface area contributed by atoms with Gasteiger partial charge in [0.05, 0.1) is 11.3 Å². The van der Waals surface area contributed by atoms with E-state index in [0.717, 1.165) is 0 Å². The fourth-order valence-corrected chi connectivity index (χ4v) is 2.82. The molecule has 1 aliphatic rings. The summed E-state index contributed by atoms with van der Waals surface area (Å²) in [5, 5.41) is 13.0. The van der Waals surface area contributed by atoms with E-state index in [4.69, 9.17) is 14.6 Å². The fraction of sp³-hybridized carbons (Fsp3) is 0.214. The molecule has 0 radical (unpaired) electrons. The van der Waals surface area contributed by atoms with Gasteiger partial charge in [0.15, 0.2) is 23.5 Å². The zero-order chi connectivity index (χ0) is 15.9. The number of rotatable bonds is 3. The van der Waals surface area contributed by atoms with Crippen LogP contribution in [-0.2, 0) is 7.05 Å². The molecule has 1 aliphatic heterocycles. The van der Waals surface area contributed by atoms with Gasteiger partial charge in [-0.15, -0.1) is 0 Å². The summed E-state index contributed by atoms with van der Waals surface area (Å²) < 4.78 is 13.2. The number of nitrogens with zero attached hydrogens (tertiary/aromatic N) is 2. The van der Waals surface area contributed by atoms with Crippen molar-refractivity contribution in [1.29, 1.82) is 0 Å². The minimum Gasteiger partial charge on any atom is -0.485 e. The van der Waals surface area contributed by atoms with Crippen molar-refractivity contribution in [3.05, 3.63) is 27.9 Å². The highest BCUT2D eigenvalue weighted by Gasteiger charge is 2.25. The van der Waals surface area contributed by atoms with Crippen molar-refractivity contribution < 1.29 is 24.2 Å². The van der Waals surface area contributed by atoms with E-state index in [1.807, 2.05) is 0 Å². The summed E-state index contributed by atoms with van der Waals surface area (Å²) in [5.41, 5.74) is 1.45. The Hall–Kier alpha value is -2.35. The number of carboxylic acids is 1. The number of aromatic nitrogens is 2. The average Bonchev–Trinajstić information content (AvgIpc) is 2.88. The number of aryl methyl sites for hydroxylation is 1. The van der Waals surface area contributed by atoms with Gasteiger partial charge in [-0.2, -0.15) is 5.10 Å². The Labute approximate surface area is 133 Å². The molecule has 0 unspecified atom stereocenters. The largest absolute Gasteiger partial charge is 0.485 e. The first-order valence-electron chi connectivity index (χ1n) is 6.38. The lowest BCUT2D eigenvalue weighted by Crippen LogP contribution is -2.17. The third-order valence-electron chi connectivity index (χ3n) is 3.29. The molecule has 2 aromatic rings. The Morgan fingerprint density at radius 3 is 2.64 bits per heavy atom. The van der Waals surface area contributed by atoms with Gasteiger partial charge >= 0.3 is 5.97 Å². The summed E-state index contributed by atoms with van der Waals surface area (Å²) in [7, 11) is 1.64. The van der Waals surface area contributed by atoms with Gasteiger partial charge in [-0.25, -0.2) is 4.79 Å². The van der Waals surface area contributed by atoms with Crippen LogP contribution in [0.25, 0.3) is 11.3 Å². The second kappa shape index (κ2) is 5.45. The number of carbonyl (C=O) groups is 2. The highest BCUT2D eigenvalue weighted by molar-refractivity contribution is 9.10. The molecule has 8 heteroatoms. The number of benzene rings is 1. The molecule has 114 valence electrons. The van der Waals surface area contributed by atoms with Gasteiger partial charge in [0.1, 0.15) is 13.2 Å². The van der Waals surface area contributed by atoms with Crippen molar-refractivity contribution in [2.75, 3.05) is 13.2 Å². The van der Waals surface area contributed by atoms with E-state index in [0.29, 0.717) is 52.3 Å². The molecule has 0 spiro atoms. The van der Waals surface area contributed by atoms with E-state index in [2.05, 4.69) is 21.0 Å². The van der Waals surface area contributed by atoms with Crippen molar-refractivity contribution in [2.45, 2.75) is 0 Å². The second-order valence-corrected chi connectivity index (χ2v) is 5.49. The molecular formula is C14H11BrN2O5. The first-order valence-corrected chi connectivity index (χ1v) is 7.17. The smallest absolute Gasteiger partial charge is 0.356 e. The maximum Gasteiger partial charge on any atom is 0.356 e. The molecule has 0 aliphatic carbocycles. The molecule has 0 saturated carbocycles. The standard InChI is InChI=1S/C14H11BrN2O5/c1-17-11(5-10(16-17)14(19)20)7-4-9(15)8(6-18)13-12(7)21-2-3-22-13/h4-6H,2-3H2,1H3,(H,19,20). The molecule has 0 fully saturated rings. The number of hydrogen-bond donors (Lipinski definition) is 1. The minimum atomic E-state index is -1.11. The Balaban J connectivity index is 2.25. The average molecular weight is 367 g/mol. The molecule has 0 amide bonds. The van der Waals surface area contributed by atoms with Crippen LogP contribution >= 0.6 is 15.9 Å². The Bertz CT molecular complexity index is 784. The third-order valence-corrected chi connectivity index (χ3v) is 3.95. The number of fused-ring (bicyclic) bond motifs is 1. The number of hydrogen-bond acceptors (Lipinski definition) is 5. The maximum absolute atomic E-state index is 11.2. The summed E-state index contributed by atoms with van der Waals surface area (Å²) in [4.78, 5) is 22.3. The van der Waals surface area contributed by atoms with Crippen LogP contribution in [0.3, 0.4) is 0 Å². The molecule has 1 N–H and O–H groups in total. The Morgan fingerprint density at radius 2 is 2.05 bits per heavy atom. The minimum absolute atomic E-state index is 0.0708. The van der Waals surface area contributed by atoms with Crippen LogP contribution in [-0.4, -0.2) is 40.4 Å². The topological polar surface area (TPSA) is 90.7 Å². The quantitative estimate of drug-likeness (QED) is 0.836. The van der Waals surface area contributed by atoms with E-state index in [-0.39, 0.29) is 5.69 Å². The summed E-state index contributed by atoms with van der Waals surface area (Å²) >= 11 is 3.33. The molecule has 1 aromatic heterocycles. The number of halogens is 1. The van der Waals surface area contributed by atoms with Gasteiger partial charge in [-0.1, -0.05) is 0 Å². The number of aromatic carboxylic acids is 1. The van der Waals surface area contributed by atoms with Gasteiger partial charge in [-0.3, -0.25) is 9.48 Å². The molecule has 3 rings (SSSR count). The van der Waals surface area contributed by atoms with Gasteiger partial charge < -0.3 is 14.6 Å². The Kier molecular flexibility index (Phi) is 3.61. The number of aldehydes is 1. The van der Waals surface area contributed by atoms with Crippen molar-refractivity contribution >= 4 is 28.2 Å². The maximum atomic E-state index is 11.2. The van der Waals surface area contributed by atoms with Crippen molar-refractivity contribution in [2.24, 2.45) is 7.05 Å². The first-order chi connectivity index (χ1) is 10.5. The van der Waals surface area contributed by atoms with Crippen LogP contribution in [0.2, 0.25) is 0 Å². The SMILES string of the molecule is Cn1nc(C(=O)O)cc1-c1cc(Br)c(C=O)c2c1OCCO2. The zero-order valence-corrected chi connectivity index (χ0v) is 13.1. The summed E-state index contributed by atoms with van der Waals surface area (Å²) in [6, 6.07) is 3.14. The molecule has 0 atom stereocenters. The molecular weight excluding hydrogens is 356 g/mol. The molecule has 0 saturated heterocycles. The van der Waals surface area contributed by atoms with Crippen LogP contribution in [0, 0.1) is 0 Å². The molecule has 0 bridgehead atoms. The summed E-state index contributed by atoms with van der Waals surface area (Å²) in [6.07, 6.45) is 0.688. The zero-order valence-electron chi connectivity index (χ0n) is 11.5. The van der Waals surface area contributed by atoms with Gasteiger partial charge in [0, 0.05) is 17.1 Å². The van der Waals surface area contributed by atoms with Crippen LogP contribution < -0.4 is 9.47 Å². The normalized spacial score (nSPS) is 13.0. The number of carbonyl (C=O) groups excluding carboxylic acids is 1. The monoisotopic (exact) mass is 366 g/mol. The van der Waals surface area contributed by atoms with E-state index >= 15 is 0 Å². The lowest BCUT2D eigenvalue weighted by atomic mass is 10.1. The molecule has 22 heavy (non-hydrogen) atoms. The molecule has 2 heterocycles. The van der Waals surface area contributed by atoms with Crippen molar-refractivity contribution in [3.63, 3.8) is 0 Å². The summed E-state index contributed by atoms with van der Waals surface area (Å²) in [6.45, 7) is 0.694. The van der Waals surface area contributed by atoms with Gasteiger partial charge in [0.2, 0.25) is 0 Å². The second-order valence-electron chi connectivity index (χ2n) is 4.64. The molecule has 7 nitrogen and oxygen atoms in total. The highest BCUT2D eigenvalue weighted by atomic mass is 79.9. The van der Waals surface area contributed by atoms with E-state index in [1.165, 1.54) is 10.7 Å². The van der Waals surface area contributed by atoms with E-state index in [1.54, 1.807) is 13.1 Å². The van der Waals surface area contributed by atoms with Crippen molar-refractivity contribution in [1.82, 2.24) is 9.78 Å². The van der Waals surface area contributed by atoms with Crippen molar-refractivity contribution in [3.8, 4) is 22.8 Å². The van der Waals surface area contributed by atoms with Crippen LogP contribution in [0.4, 0.5) is 0 Å². The molecule has 1 aromatic carbocycles. The van der Waals surface area contributed by atoms with Gasteiger partial charge in [0.25, 0.3) is 0 Å². The first kappa shape index (κ1) is 14.6. The van der Waals surface area contributed by atoms with E-state index < -0.39 is 5.97 Å². The lowest BCUT2D eigenvalue weighted by Gasteiger charge is -2.23. The van der Waals surface area contributed by atoms with Crippen LogP contribution in [0.5, 0.6) is 11.5 Å². The third kappa shape index (κ3) is 2.25. The highest BCUT2D eigenvalue weighted by Crippen LogP contribution is 2.45. The predicted molar refractivity (Wildman–Crippen MR) is 79.7 cm³/mol. The van der Waals surface area contributed by atoms with E-state index in [9.17, 15) is 9.59 Å². The Morgan fingerprint density at radius 1 is 1.36 bits per heavy atom.